The van der Waals surface area contributed by atoms with Crippen molar-refractivity contribution < 1.29 is 19.1 Å². The highest BCUT2D eigenvalue weighted by atomic mass is 16.6. The van der Waals surface area contributed by atoms with E-state index in [4.69, 9.17) is 4.74 Å². The minimum absolute atomic E-state index is 0.240. The van der Waals surface area contributed by atoms with E-state index >= 15 is 0 Å². The molecule has 0 aromatic rings. The van der Waals surface area contributed by atoms with Crippen LogP contribution in [0, 0.1) is 11.8 Å². The molecule has 0 aliphatic rings. The second-order valence-electron chi connectivity index (χ2n) is 5.30. The van der Waals surface area contributed by atoms with Crippen molar-refractivity contribution >= 4 is 11.9 Å². The smallest absolute Gasteiger partial charge is 0.309 e. The molecule has 0 aliphatic heterocycles. The van der Waals surface area contributed by atoms with Gasteiger partial charge in [0.15, 0.2) is 0 Å². The van der Waals surface area contributed by atoms with Crippen LogP contribution in [0.1, 0.15) is 47.5 Å². The van der Waals surface area contributed by atoms with Gasteiger partial charge >= 0.3 is 11.9 Å². The lowest BCUT2D eigenvalue weighted by Crippen LogP contribution is -2.30. The second kappa shape index (κ2) is 6.62. The van der Waals surface area contributed by atoms with E-state index in [9.17, 15) is 9.59 Å². The number of rotatable bonds is 5. The number of ether oxygens (including phenoxy) is 2. The van der Waals surface area contributed by atoms with Gasteiger partial charge in [-0.15, -0.1) is 0 Å². The van der Waals surface area contributed by atoms with Crippen molar-refractivity contribution in [2.45, 2.75) is 53.1 Å². The van der Waals surface area contributed by atoms with Crippen molar-refractivity contribution in [3.63, 3.8) is 0 Å². The molecule has 0 fully saturated rings. The molecular formula is C13H24O4. The molecule has 100 valence electrons. The Kier molecular flexibility index (Phi) is 6.21. The molecule has 0 heterocycles. The lowest BCUT2D eigenvalue weighted by Gasteiger charge is -2.24. The summed E-state index contributed by atoms with van der Waals surface area (Å²) >= 11 is 0. The molecule has 0 N–H and O–H groups in total. The van der Waals surface area contributed by atoms with E-state index in [-0.39, 0.29) is 23.8 Å². The summed E-state index contributed by atoms with van der Waals surface area (Å²) in [6, 6.07) is 0. The highest BCUT2D eigenvalue weighted by Crippen LogP contribution is 2.21. The fourth-order valence-corrected chi connectivity index (χ4v) is 1.54. The van der Waals surface area contributed by atoms with Crippen molar-refractivity contribution in [1.82, 2.24) is 0 Å². The number of hydrogen-bond donors (Lipinski definition) is 0. The maximum absolute atomic E-state index is 11.9. The minimum Gasteiger partial charge on any atom is -0.469 e. The Bertz CT molecular complexity index is 265. The van der Waals surface area contributed by atoms with Gasteiger partial charge in [0.2, 0.25) is 0 Å². The summed E-state index contributed by atoms with van der Waals surface area (Å²) < 4.78 is 9.96. The van der Waals surface area contributed by atoms with Crippen molar-refractivity contribution in [2.24, 2.45) is 11.8 Å². The van der Waals surface area contributed by atoms with E-state index in [0.29, 0.717) is 12.8 Å². The molecule has 0 amide bonds. The van der Waals surface area contributed by atoms with Crippen LogP contribution in [0.15, 0.2) is 0 Å². The largest absolute Gasteiger partial charge is 0.469 e. The van der Waals surface area contributed by atoms with Gasteiger partial charge in [0.1, 0.15) is 5.60 Å². The molecule has 0 aromatic heterocycles. The normalized spacial score (nSPS) is 14.9. The van der Waals surface area contributed by atoms with E-state index in [1.807, 2.05) is 27.7 Å². The molecule has 0 saturated heterocycles. The first kappa shape index (κ1) is 15.9. The zero-order valence-electron chi connectivity index (χ0n) is 11.7. The lowest BCUT2D eigenvalue weighted by atomic mass is 9.93. The molecule has 0 radical (unpaired) electrons. The van der Waals surface area contributed by atoms with Crippen molar-refractivity contribution in [3.8, 4) is 0 Å². The summed E-state index contributed by atoms with van der Waals surface area (Å²) in [5.41, 5.74) is -0.487. The first-order valence-corrected chi connectivity index (χ1v) is 6.02. The summed E-state index contributed by atoms with van der Waals surface area (Å²) in [7, 11) is 1.35. The molecule has 4 nitrogen and oxygen atoms in total. The number of hydrogen-bond acceptors (Lipinski definition) is 4. The van der Waals surface area contributed by atoms with Crippen molar-refractivity contribution in [2.75, 3.05) is 7.11 Å². The van der Waals surface area contributed by atoms with Crippen LogP contribution in [0.25, 0.3) is 0 Å². The Morgan fingerprint density at radius 3 is 2.06 bits per heavy atom. The summed E-state index contributed by atoms with van der Waals surface area (Å²) in [5.74, 6) is -1.05. The van der Waals surface area contributed by atoms with Gasteiger partial charge in [-0.1, -0.05) is 13.8 Å². The van der Waals surface area contributed by atoms with Crippen LogP contribution in [0.5, 0.6) is 0 Å². The van der Waals surface area contributed by atoms with Gasteiger partial charge in [0.25, 0.3) is 0 Å². The average molecular weight is 244 g/mol. The SMILES string of the molecule is CCC(CC(C)C(=O)OC)C(=O)OC(C)(C)C. The van der Waals surface area contributed by atoms with E-state index in [1.165, 1.54) is 7.11 Å². The number of carbonyl (C=O) groups is 2. The molecule has 4 heteroatoms. The fourth-order valence-electron chi connectivity index (χ4n) is 1.54. The van der Waals surface area contributed by atoms with Crippen molar-refractivity contribution in [1.29, 1.82) is 0 Å². The van der Waals surface area contributed by atoms with Gasteiger partial charge in [-0.05, 0) is 33.6 Å². The first-order chi connectivity index (χ1) is 7.71. The van der Waals surface area contributed by atoms with Crippen LogP contribution in [-0.4, -0.2) is 24.6 Å². The third kappa shape index (κ3) is 6.29. The van der Waals surface area contributed by atoms with E-state index in [1.54, 1.807) is 6.92 Å². The molecule has 0 saturated carbocycles. The Morgan fingerprint density at radius 1 is 1.18 bits per heavy atom. The molecule has 0 bridgehead atoms. The van der Waals surface area contributed by atoms with Crippen LogP contribution in [0.4, 0.5) is 0 Å². The van der Waals surface area contributed by atoms with Crippen LogP contribution in [0.2, 0.25) is 0 Å². The van der Waals surface area contributed by atoms with Gasteiger partial charge in [-0.2, -0.15) is 0 Å². The highest BCUT2D eigenvalue weighted by molar-refractivity contribution is 5.75. The molecular weight excluding hydrogens is 220 g/mol. The van der Waals surface area contributed by atoms with Crippen LogP contribution < -0.4 is 0 Å². The maximum Gasteiger partial charge on any atom is 0.309 e. The minimum atomic E-state index is -0.487. The predicted molar refractivity (Wildman–Crippen MR) is 65.4 cm³/mol. The van der Waals surface area contributed by atoms with E-state index in [2.05, 4.69) is 4.74 Å². The number of esters is 2. The standard InChI is InChI=1S/C13H24O4/c1-7-10(8-9(2)11(14)16-6)12(15)17-13(3,4)5/h9-10H,7-8H2,1-6H3. The Hall–Kier alpha value is -1.06. The van der Waals surface area contributed by atoms with E-state index < -0.39 is 5.60 Å². The quantitative estimate of drug-likeness (QED) is 0.697. The van der Waals surface area contributed by atoms with Gasteiger partial charge in [0.05, 0.1) is 18.9 Å². The summed E-state index contributed by atoms with van der Waals surface area (Å²) in [4.78, 5) is 23.2. The van der Waals surface area contributed by atoms with Gasteiger partial charge < -0.3 is 9.47 Å². The maximum atomic E-state index is 11.9. The third-order valence-corrected chi connectivity index (χ3v) is 2.47. The third-order valence-electron chi connectivity index (χ3n) is 2.47. The van der Waals surface area contributed by atoms with E-state index in [0.717, 1.165) is 0 Å². The summed E-state index contributed by atoms with van der Waals surface area (Å²) in [6.45, 7) is 9.18. The van der Waals surface area contributed by atoms with Crippen LogP contribution in [-0.2, 0) is 19.1 Å². The zero-order valence-corrected chi connectivity index (χ0v) is 11.7. The zero-order chi connectivity index (χ0) is 13.6. The predicted octanol–water partition coefficient (Wildman–Crippen LogP) is 2.55. The Labute approximate surface area is 104 Å². The Balaban J connectivity index is 4.43. The summed E-state index contributed by atoms with van der Waals surface area (Å²) in [5, 5.41) is 0. The molecule has 0 aliphatic carbocycles. The monoisotopic (exact) mass is 244 g/mol. The van der Waals surface area contributed by atoms with Crippen molar-refractivity contribution in [3.05, 3.63) is 0 Å². The summed E-state index contributed by atoms with van der Waals surface area (Å²) in [6.07, 6.45) is 1.13. The molecule has 0 spiro atoms. The number of methoxy groups -OCH3 is 1. The first-order valence-electron chi connectivity index (χ1n) is 6.02. The average Bonchev–Trinajstić information content (AvgIpc) is 2.21. The molecule has 0 rings (SSSR count). The highest BCUT2D eigenvalue weighted by Gasteiger charge is 2.27. The molecule has 2 unspecified atom stereocenters. The lowest BCUT2D eigenvalue weighted by molar-refractivity contribution is -0.161. The van der Waals surface area contributed by atoms with Crippen LogP contribution >= 0.6 is 0 Å². The molecule has 0 aromatic carbocycles. The van der Waals surface area contributed by atoms with Gasteiger partial charge in [0, 0.05) is 0 Å². The van der Waals surface area contributed by atoms with Crippen LogP contribution in [0.3, 0.4) is 0 Å². The topological polar surface area (TPSA) is 52.6 Å². The Morgan fingerprint density at radius 2 is 1.71 bits per heavy atom. The fraction of sp³-hybridized carbons (Fsp3) is 0.846. The van der Waals surface area contributed by atoms with Gasteiger partial charge in [-0.25, -0.2) is 0 Å². The number of carbonyl (C=O) groups excluding carboxylic acids is 2. The second-order valence-corrected chi connectivity index (χ2v) is 5.30. The van der Waals surface area contributed by atoms with Gasteiger partial charge in [-0.3, -0.25) is 9.59 Å². The molecule has 17 heavy (non-hydrogen) atoms. The molecule has 2 atom stereocenters.